The minimum absolute atomic E-state index is 0.0995. The first-order valence-electron chi connectivity index (χ1n) is 13.6. The third kappa shape index (κ3) is 9.30. The number of para-hydroxylation sites is 1. The molecule has 0 spiro atoms. The van der Waals surface area contributed by atoms with Crippen molar-refractivity contribution < 1.29 is 24.2 Å². The lowest BCUT2D eigenvalue weighted by molar-refractivity contribution is -0.143. The number of hydrogen-bond acceptors (Lipinski definition) is 5. The van der Waals surface area contributed by atoms with E-state index >= 15 is 0 Å². The second kappa shape index (κ2) is 13.5. The molecule has 3 N–H and O–H groups in total. The van der Waals surface area contributed by atoms with E-state index in [1.54, 1.807) is 51.7 Å². The Hall–Kier alpha value is -3.55. The van der Waals surface area contributed by atoms with Crippen molar-refractivity contribution in [2.75, 3.05) is 5.32 Å². The number of rotatable bonds is 10. The first kappa shape index (κ1) is 31.7. The summed E-state index contributed by atoms with van der Waals surface area (Å²) in [4.78, 5) is 42.1. The summed E-state index contributed by atoms with van der Waals surface area (Å²) in [5.74, 6) is -0.296. The van der Waals surface area contributed by atoms with Crippen molar-refractivity contribution in [1.82, 2.24) is 10.2 Å². The molecule has 0 saturated carbocycles. The number of nitrogens with zero attached hydrogens (tertiary/aromatic N) is 1. The molecule has 0 aliphatic carbocycles. The molecule has 2 aromatic carbocycles. The van der Waals surface area contributed by atoms with Gasteiger partial charge in [-0.25, -0.2) is 4.79 Å². The molecule has 0 aromatic heterocycles. The van der Waals surface area contributed by atoms with E-state index < -0.39 is 29.7 Å². The highest BCUT2D eigenvalue weighted by molar-refractivity contribution is 5.99. The zero-order valence-electron chi connectivity index (χ0n) is 24.8. The van der Waals surface area contributed by atoms with E-state index in [1.807, 2.05) is 38.1 Å². The number of alkyl carbamates (subject to hydrolysis) is 1. The van der Waals surface area contributed by atoms with Crippen molar-refractivity contribution in [2.45, 2.75) is 98.9 Å². The fraction of sp³-hybridized carbons (Fsp3) is 0.516. The van der Waals surface area contributed by atoms with Crippen LogP contribution in [-0.2, 0) is 14.3 Å². The molecular formula is C31H45N3O5. The number of benzene rings is 2. The number of phenols is 1. The summed E-state index contributed by atoms with van der Waals surface area (Å²) in [5.41, 5.74) is 1.95. The van der Waals surface area contributed by atoms with Crippen LogP contribution in [0.1, 0.15) is 84.0 Å². The van der Waals surface area contributed by atoms with Gasteiger partial charge in [0.05, 0.1) is 0 Å². The van der Waals surface area contributed by atoms with Gasteiger partial charge in [0.15, 0.2) is 0 Å². The van der Waals surface area contributed by atoms with Crippen LogP contribution >= 0.6 is 0 Å². The first-order valence-corrected chi connectivity index (χ1v) is 13.6. The lowest BCUT2D eigenvalue weighted by atomic mass is 9.96. The standard InChI is InChI=1S/C31H45N3O5/c1-19(2)14-15-22(5)34(29(37)23(6)32-30(38)39-31(7,8)9)27(24-16-17-26(35)21(4)18-24)28(36)33-25-13-11-10-12-20(25)3/h10-13,16-19,22-23,27,35H,14-15H2,1-9H3,(H,32,38)(H,33,36). The zero-order valence-corrected chi connectivity index (χ0v) is 24.8. The Morgan fingerprint density at radius 3 is 2.15 bits per heavy atom. The SMILES string of the molecule is Cc1cc(C(C(=O)Nc2ccccc2C)N(C(=O)C(C)NC(=O)OC(C)(C)C)C(C)CCC(C)C)ccc1O. The summed E-state index contributed by atoms with van der Waals surface area (Å²) >= 11 is 0. The van der Waals surface area contributed by atoms with Crippen molar-refractivity contribution in [1.29, 1.82) is 0 Å². The molecule has 0 radical (unpaired) electrons. The number of aromatic hydroxyl groups is 1. The summed E-state index contributed by atoms with van der Waals surface area (Å²) < 4.78 is 5.36. The molecule has 8 heteroatoms. The summed E-state index contributed by atoms with van der Waals surface area (Å²) in [6.07, 6.45) is 0.799. The molecule has 0 fully saturated rings. The third-order valence-electron chi connectivity index (χ3n) is 6.46. The Kier molecular flexibility index (Phi) is 11.0. The lowest BCUT2D eigenvalue weighted by Crippen LogP contribution is -2.54. The number of anilines is 1. The number of nitrogens with one attached hydrogen (secondary N) is 2. The maximum absolute atomic E-state index is 14.0. The number of phenolic OH excluding ortho intramolecular Hbond substituents is 1. The maximum Gasteiger partial charge on any atom is 0.408 e. The molecule has 2 aromatic rings. The summed E-state index contributed by atoms with van der Waals surface area (Å²) in [7, 11) is 0. The Balaban J connectivity index is 2.57. The van der Waals surface area contributed by atoms with Gasteiger partial charge in [-0.05, 0) is 102 Å². The third-order valence-corrected chi connectivity index (χ3v) is 6.46. The smallest absolute Gasteiger partial charge is 0.408 e. The van der Waals surface area contributed by atoms with Gasteiger partial charge in [0, 0.05) is 11.7 Å². The van der Waals surface area contributed by atoms with E-state index in [-0.39, 0.29) is 17.7 Å². The molecule has 3 unspecified atom stereocenters. The Bertz CT molecular complexity index is 1160. The van der Waals surface area contributed by atoms with Crippen LogP contribution in [0.4, 0.5) is 10.5 Å². The van der Waals surface area contributed by atoms with Crippen molar-refractivity contribution >= 4 is 23.6 Å². The zero-order chi connectivity index (χ0) is 29.5. The topological polar surface area (TPSA) is 108 Å². The van der Waals surface area contributed by atoms with Crippen LogP contribution in [0, 0.1) is 19.8 Å². The molecule has 3 amide bonds. The predicted octanol–water partition coefficient (Wildman–Crippen LogP) is 6.26. The summed E-state index contributed by atoms with van der Waals surface area (Å²) in [6, 6.07) is 10.1. The fourth-order valence-corrected chi connectivity index (χ4v) is 4.28. The Morgan fingerprint density at radius 1 is 0.949 bits per heavy atom. The number of ether oxygens (including phenoxy) is 1. The van der Waals surface area contributed by atoms with Crippen molar-refractivity contribution in [3.05, 3.63) is 59.2 Å². The molecule has 3 atom stereocenters. The van der Waals surface area contributed by atoms with Crippen LogP contribution < -0.4 is 10.6 Å². The highest BCUT2D eigenvalue weighted by Crippen LogP contribution is 2.31. The molecule has 0 aliphatic rings. The van der Waals surface area contributed by atoms with Gasteiger partial charge in [-0.15, -0.1) is 0 Å². The average Bonchev–Trinajstić information content (AvgIpc) is 2.82. The van der Waals surface area contributed by atoms with Crippen LogP contribution in [-0.4, -0.2) is 45.6 Å². The number of carbonyl (C=O) groups excluding carboxylic acids is 3. The predicted molar refractivity (Wildman–Crippen MR) is 155 cm³/mol. The fourth-order valence-electron chi connectivity index (χ4n) is 4.28. The molecule has 0 saturated heterocycles. The number of aryl methyl sites for hydroxylation is 2. The number of hydrogen-bond donors (Lipinski definition) is 3. The van der Waals surface area contributed by atoms with E-state index in [2.05, 4.69) is 24.5 Å². The van der Waals surface area contributed by atoms with Gasteiger partial charge < -0.3 is 25.4 Å². The average molecular weight is 540 g/mol. The van der Waals surface area contributed by atoms with Crippen LogP contribution in [0.5, 0.6) is 5.75 Å². The van der Waals surface area contributed by atoms with Gasteiger partial charge in [0.2, 0.25) is 5.91 Å². The summed E-state index contributed by atoms with van der Waals surface area (Å²) in [6.45, 7) is 16.6. The maximum atomic E-state index is 14.0. The van der Waals surface area contributed by atoms with Gasteiger partial charge >= 0.3 is 6.09 Å². The first-order chi connectivity index (χ1) is 18.1. The quantitative estimate of drug-likeness (QED) is 0.330. The largest absolute Gasteiger partial charge is 0.508 e. The molecule has 214 valence electrons. The molecule has 2 rings (SSSR count). The van der Waals surface area contributed by atoms with Crippen molar-refractivity contribution in [2.24, 2.45) is 5.92 Å². The molecule has 0 aliphatic heterocycles. The van der Waals surface area contributed by atoms with E-state index in [4.69, 9.17) is 4.74 Å². The number of carbonyl (C=O) groups is 3. The monoisotopic (exact) mass is 539 g/mol. The lowest BCUT2D eigenvalue weighted by Gasteiger charge is -2.38. The van der Waals surface area contributed by atoms with E-state index in [1.165, 1.54) is 6.07 Å². The van der Waals surface area contributed by atoms with Crippen LogP contribution in [0.25, 0.3) is 0 Å². The van der Waals surface area contributed by atoms with Crippen molar-refractivity contribution in [3.63, 3.8) is 0 Å². The van der Waals surface area contributed by atoms with E-state index in [0.29, 0.717) is 29.2 Å². The normalized spacial score (nSPS) is 13.8. The molecule has 0 bridgehead atoms. The van der Waals surface area contributed by atoms with Crippen LogP contribution in [0.3, 0.4) is 0 Å². The van der Waals surface area contributed by atoms with Gasteiger partial charge in [0.25, 0.3) is 5.91 Å². The van der Waals surface area contributed by atoms with Crippen molar-refractivity contribution in [3.8, 4) is 5.75 Å². The van der Waals surface area contributed by atoms with Crippen LogP contribution in [0.15, 0.2) is 42.5 Å². The van der Waals surface area contributed by atoms with E-state index in [0.717, 1.165) is 12.0 Å². The minimum atomic E-state index is -1.01. The van der Waals surface area contributed by atoms with E-state index in [9.17, 15) is 19.5 Å². The highest BCUT2D eigenvalue weighted by atomic mass is 16.6. The Morgan fingerprint density at radius 2 is 1.59 bits per heavy atom. The van der Waals surface area contributed by atoms with Gasteiger partial charge in [0.1, 0.15) is 23.4 Å². The second-order valence-corrected chi connectivity index (χ2v) is 11.7. The molecular weight excluding hydrogens is 494 g/mol. The molecule has 0 heterocycles. The number of amides is 3. The Labute approximate surface area is 233 Å². The highest BCUT2D eigenvalue weighted by Gasteiger charge is 2.38. The van der Waals surface area contributed by atoms with Gasteiger partial charge in [-0.2, -0.15) is 0 Å². The second-order valence-electron chi connectivity index (χ2n) is 11.7. The van der Waals surface area contributed by atoms with Gasteiger partial charge in [-0.3, -0.25) is 9.59 Å². The van der Waals surface area contributed by atoms with Crippen LogP contribution in [0.2, 0.25) is 0 Å². The summed E-state index contributed by atoms with van der Waals surface area (Å²) in [5, 5.41) is 15.8. The minimum Gasteiger partial charge on any atom is -0.508 e. The molecule has 39 heavy (non-hydrogen) atoms. The molecule has 8 nitrogen and oxygen atoms in total. The van der Waals surface area contributed by atoms with Gasteiger partial charge in [-0.1, -0.05) is 38.1 Å².